The molecule has 0 unspecified atom stereocenters. The summed E-state index contributed by atoms with van der Waals surface area (Å²) < 4.78 is 26.5. The molecule has 1 saturated heterocycles. The van der Waals surface area contributed by atoms with Gasteiger partial charge in [0.05, 0.1) is 0 Å². The van der Waals surface area contributed by atoms with Crippen molar-refractivity contribution in [3.8, 4) is 5.75 Å². The second-order valence-electron chi connectivity index (χ2n) is 5.82. The van der Waals surface area contributed by atoms with Gasteiger partial charge in [-0.2, -0.15) is 0 Å². The van der Waals surface area contributed by atoms with Crippen LogP contribution in [0.25, 0.3) is 0 Å². The Morgan fingerprint density at radius 3 is 2.13 bits per heavy atom. The molecular weight excluding hydrogens is 300 g/mol. The number of hydrogen-bond acceptors (Lipinski definition) is 2. The largest absolute Gasteiger partial charge is 0.508 e. The first kappa shape index (κ1) is 15.5. The van der Waals surface area contributed by atoms with Crippen LogP contribution in [-0.4, -0.2) is 29.0 Å². The zero-order valence-electron chi connectivity index (χ0n) is 12.5. The molecule has 120 valence electrons. The van der Waals surface area contributed by atoms with Gasteiger partial charge in [-0.1, -0.05) is 12.1 Å². The van der Waals surface area contributed by atoms with E-state index in [1.165, 1.54) is 0 Å². The zero-order chi connectivity index (χ0) is 16.4. The quantitative estimate of drug-likeness (QED) is 0.917. The molecule has 1 amide bonds. The standard InChI is InChI=1S/C18H17F2NO2/c19-15-9-14(10-16(20)11-15)18(23)21-7-5-13(6-8-21)12-1-3-17(22)4-2-12/h1-4,9-11,13,22H,5-8H2. The van der Waals surface area contributed by atoms with Crippen molar-refractivity contribution in [3.05, 3.63) is 65.2 Å². The number of piperidine rings is 1. The van der Waals surface area contributed by atoms with Crippen LogP contribution in [0.2, 0.25) is 0 Å². The van der Waals surface area contributed by atoms with Crippen molar-refractivity contribution in [2.75, 3.05) is 13.1 Å². The van der Waals surface area contributed by atoms with E-state index in [4.69, 9.17) is 0 Å². The molecular formula is C18H17F2NO2. The SMILES string of the molecule is O=C(c1cc(F)cc(F)c1)N1CCC(c2ccc(O)cc2)CC1. The highest BCUT2D eigenvalue weighted by Crippen LogP contribution is 2.29. The second kappa shape index (κ2) is 6.36. The van der Waals surface area contributed by atoms with Crippen molar-refractivity contribution in [3.63, 3.8) is 0 Å². The molecule has 0 radical (unpaired) electrons. The minimum absolute atomic E-state index is 0.0468. The molecule has 3 rings (SSSR count). The number of aromatic hydroxyl groups is 1. The van der Waals surface area contributed by atoms with Crippen LogP contribution in [0.15, 0.2) is 42.5 Å². The smallest absolute Gasteiger partial charge is 0.254 e. The van der Waals surface area contributed by atoms with Gasteiger partial charge in [-0.3, -0.25) is 4.79 Å². The van der Waals surface area contributed by atoms with E-state index in [2.05, 4.69) is 0 Å². The van der Waals surface area contributed by atoms with Crippen LogP contribution in [0.4, 0.5) is 8.78 Å². The van der Waals surface area contributed by atoms with Gasteiger partial charge >= 0.3 is 0 Å². The Hall–Kier alpha value is -2.43. The summed E-state index contributed by atoms with van der Waals surface area (Å²) in [4.78, 5) is 14.0. The number of rotatable bonds is 2. The predicted octanol–water partition coefficient (Wildman–Crippen LogP) is 3.69. The van der Waals surface area contributed by atoms with Crippen LogP contribution in [-0.2, 0) is 0 Å². The molecule has 1 fully saturated rings. The lowest BCUT2D eigenvalue weighted by molar-refractivity contribution is 0.0712. The van der Waals surface area contributed by atoms with Gasteiger partial charge in [0.15, 0.2) is 0 Å². The molecule has 1 heterocycles. The van der Waals surface area contributed by atoms with E-state index in [9.17, 15) is 18.7 Å². The maximum Gasteiger partial charge on any atom is 0.254 e. The van der Waals surface area contributed by atoms with E-state index in [1.807, 2.05) is 12.1 Å². The van der Waals surface area contributed by atoms with Gasteiger partial charge in [0.25, 0.3) is 5.91 Å². The Labute approximate surface area is 133 Å². The van der Waals surface area contributed by atoms with Crippen molar-refractivity contribution < 1.29 is 18.7 Å². The molecule has 0 aliphatic carbocycles. The number of phenolic OH excluding ortho intramolecular Hbond substituents is 1. The van der Waals surface area contributed by atoms with Gasteiger partial charge in [0, 0.05) is 24.7 Å². The first-order chi connectivity index (χ1) is 11.0. The number of phenols is 1. The highest BCUT2D eigenvalue weighted by Gasteiger charge is 2.25. The normalized spacial score (nSPS) is 15.7. The number of likely N-dealkylation sites (tertiary alicyclic amines) is 1. The highest BCUT2D eigenvalue weighted by molar-refractivity contribution is 5.94. The number of hydrogen-bond donors (Lipinski definition) is 1. The minimum atomic E-state index is -0.743. The van der Waals surface area contributed by atoms with Crippen molar-refractivity contribution in [1.29, 1.82) is 0 Å². The summed E-state index contributed by atoms with van der Waals surface area (Å²) >= 11 is 0. The lowest BCUT2D eigenvalue weighted by atomic mass is 9.89. The third-order valence-corrected chi connectivity index (χ3v) is 4.26. The molecule has 2 aromatic rings. The summed E-state index contributed by atoms with van der Waals surface area (Å²) in [6.45, 7) is 1.09. The van der Waals surface area contributed by atoms with Gasteiger partial charge in [-0.15, -0.1) is 0 Å². The highest BCUT2D eigenvalue weighted by atomic mass is 19.1. The lowest BCUT2D eigenvalue weighted by Gasteiger charge is -2.32. The van der Waals surface area contributed by atoms with E-state index in [1.54, 1.807) is 17.0 Å². The van der Waals surface area contributed by atoms with Gasteiger partial charge in [-0.25, -0.2) is 8.78 Å². The molecule has 1 aliphatic rings. The molecule has 1 aliphatic heterocycles. The minimum Gasteiger partial charge on any atom is -0.508 e. The van der Waals surface area contributed by atoms with Crippen LogP contribution in [0, 0.1) is 11.6 Å². The number of amides is 1. The topological polar surface area (TPSA) is 40.5 Å². The maximum atomic E-state index is 13.2. The molecule has 0 bridgehead atoms. The van der Waals surface area contributed by atoms with Crippen molar-refractivity contribution >= 4 is 5.91 Å². The van der Waals surface area contributed by atoms with E-state index in [0.29, 0.717) is 19.0 Å². The number of carbonyl (C=O) groups is 1. The van der Waals surface area contributed by atoms with Crippen LogP contribution in [0.1, 0.15) is 34.7 Å². The average molecular weight is 317 g/mol. The Balaban J connectivity index is 1.66. The van der Waals surface area contributed by atoms with E-state index < -0.39 is 11.6 Å². The number of halogens is 2. The molecule has 23 heavy (non-hydrogen) atoms. The average Bonchev–Trinajstić information content (AvgIpc) is 2.54. The summed E-state index contributed by atoms with van der Waals surface area (Å²) in [6.07, 6.45) is 1.57. The summed E-state index contributed by atoms with van der Waals surface area (Å²) in [5, 5.41) is 9.33. The van der Waals surface area contributed by atoms with Gasteiger partial charge in [0.2, 0.25) is 0 Å². The molecule has 0 atom stereocenters. The Kier molecular flexibility index (Phi) is 4.28. The number of nitrogens with zero attached hydrogens (tertiary/aromatic N) is 1. The monoisotopic (exact) mass is 317 g/mol. The van der Waals surface area contributed by atoms with Crippen molar-refractivity contribution in [1.82, 2.24) is 4.90 Å². The first-order valence-electron chi connectivity index (χ1n) is 7.57. The number of benzene rings is 2. The maximum absolute atomic E-state index is 13.2. The Morgan fingerprint density at radius 1 is 1.00 bits per heavy atom. The molecule has 0 aromatic heterocycles. The van der Waals surface area contributed by atoms with Crippen LogP contribution in [0.3, 0.4) is 0 Å². The molecule has 5 heteroatoms. The fourth-order valence-corrected chi connectivity index (χ4v) is 3.02. The Bertz CT molecular complexity index is 687. The van der Waals surface area contributed by atoms with E-state index in [0.717, 1.165) is 36.6 Å². The van der Waals surface area contributed by atoms with E-state index in [-0.39, 0.29) is 17.2 Å². The predicted molar refractivity (Wildman–Crippen MR) is 82.3 cm³/mol. The van der Waals surface area contributed by atoms with Crippen molar-refractivity contribution in [2.45, 2.75) is 18.8 Å². The fourth-order valence-electron chi connectivity index (χ4n) is 3.02. The number of carbonyl (C=O) groups excluding carboxylic acids is 1. The van der Waals surface area contributed by atoms with Crippen LogP contribution in [0.5, 0.6) is 5.75 Å². The van der Waals surface area contributed by atoms with Gasteiger partial charge < -0.3 is 10.0 Å². The zero-order valence-corrected chi connectivity index (χ0v) is 12.5. The first-order valence-corrected chi connectivity index (χ1v) is 7.57. The van der Waals surface area contributed by atoms with E-state index >= 15 is 0 Å². The Morgan fingerprint density at radius 2 is 1.57 bits per heavy atom. The summed E-state index contributed by atoms with van der Waals surface area (Å²) in [5.74, 6) is -1.27. The summed E-state index contributed by atoms with van der Waals surface area (Å²) in [7, 11) is 0. The summed E-state index contributed by atoms with van der Waals surface area (Å²) in [6, 6.07) is 9.98. The van der Waals surface area contributed by atoms with Crippen molar-refractivity contribution in [2.24, 2.45) is 0 Å². The lowest BCUT2D eigenvalue weighted by Crippen LogP contribution is -2.38. The molecule has 0 saturated carbocycles. The van der Waals surface area contributed by atoms with Gasteiger partial charge in [-0.05, 0) is 48.6 Å². The molecule has 3 nitrogen and oxygen atoms in total. The van der Waals surface area contributed by atoms with Gasteiger partial charge in [0.1, 0.15) is 17.4 Å². The molecule has 2 aromatic carbocycles. The van der Waals surface area contributed by atoms with Crippen LogP contribution >= 0.6 is 0 Å². The molecule has 1 N–H and O–H groups in total. The molecule has 0 spiro atoms. The second-order valence-corrected chi connectivity index (χ2v) is 5.82. The summed E-state index contributed by atoms with van der Waals surface area (Å²) in [5.41, 5.74) is 1.18. The third-order valence-electron chi connectivity index (χ3n) is 4.26. The third kappa shape index (κ3) is 3.50. The fraction of sp³-hybridized carbons (Fsp3) is 0.278. The van der Waals surface area contributed by atoms with Crippen LogP contribution < -0.4 is 0 Å².